The van der Waals surface area contributed by atoms with Crippen LogP contribution < -0.4 is 0 Å². The number of rotatable bonds is 2. The van der Waals surface area contributed by atoms with Crippen molar-refractivity contribution in [2.24, 2.45) is 22.7 Å². The molecule has 23 heavy (non-hydrogen) atoms. The van der Waals surface area contributed by atoms with E-state index < -0.39 is 0 Å². The van der Waals surface area contributed by atoms with Crippen LogP contribution in [0.2, 0.25) is 0 Å². The first-order valence-corrected chi connectivity index (χ1v) is 9.32. The average Bonchev–Trinajstić information content (AvgIpc) is 2.86. The lowest BCUT2D eigenvalue weighted by molar-refractivity contribution is -0.0455. The van der Waals surface area contributed by atoms with E-state index in [1.807, 2.05) is 0 Å². The summed E-state index contributed by atoms with van der Waals surface area (Å²) in [6, 6.07) is 0. The quantitative estimate of drug-likeness (QED) is 0.679. The van der Waals surface area contributed by atoms with E-state index in [4.69, 9.17) is 5.11 Å². The molecule has 0 saturated heterocycles. The molecule has 0 aromatic rings. The van der Waals surface area contributed by atoms with Crippen molar-refractivity contribution >= 4 is 0 Å². The van der Waals surface area contributed by atoms with Gasteiger partial charge in [0.25, 0.3) is 0 Å². The zero-order chi connectivity index (χ0) is 17.3. The molecule has 1 fully saturated rings. The highest BCUT2D eigenvalue weighted by Gasteiger charge is 2.47. The van der Waals surface area contributed by atoms with Gasteiger partial charge in [-0.15, -0.1) is 0 Å². The maximum Gasteiger partial charge on any atom is 0.0544 e. The van der Waals surface area contributed by atoms with Crippen molar-refractivity contribution in [1.82, 2.24) is 0 Å². The Kier molecular flexibility index (Phi) is 5.97. The molecule has 4 unspecified atom stereocenters. The standard InChI is InChI=1S/C19H32O2.CH4O/c1-18(2)8-6-13-10-14(4-5-17(13)18)19(3)9-7-16(21)11-15(19)12-20;1-2/h14-16,20-21H,4-12H2,1-3H3;2H,1H3. The van der Waals surface area contributed by atoms with Gasteiger partial charge in [0.1, 0.15) is 0 Å². The SMILES string of the molecule is CC1(C)CCC2=C1CCC(C1(C)CCC(O)CC1CO)C2.CO. The molecule has 0 heterocycles. The Hall–Kier alpha value is -0.380. The Labute approximate surface area is 141 Å². The molecule has 3 nitrogen and oxygen atoms in total. The topological polar surface area (TPSA) is 60.7 Å². The Morgan fingerprint density at radius 3 is 2.39 bits per heavy atom. The van der Waals surface area contributed by atoms with E-state index in [1.165, 1.54) is 32.1 Å². The van der Waals surface area contributed by atoms with Crippen LogP contribution in [-0.4, -0.2) is 35.1 Å². The fraction of sp³-hybridized carbons (Fsp3) is 0.900. The van der Waals surface area contributed by atoms with E-state index in [1.54, 1.807) is 11.1 Å². The van der Waals surface area contributed by atoms with Crippen LogP contribution in [0.1, 0.15) is 72.1 Å². The summed E-state index contributed by atoms with van der Waals surface area (Å²) in [6.45, 7) is 7.44. The van der Waals surface area contributed by atoms with Crippen molar-refractivity contribution in [1.29, 1.82) is 0 Å². The molecule has 3 aliphatic rings. The molecule has 0 aromatic heterocycles. The molecule has 0 spiro atoms. The number of hydrogen-bond acceptors (Lipinski definition) is 3. The minimum absolute atomic E-state index is 0.195. The first-order chi connectivity index (χ1) is 10.9. The van der Waals surface area contributed by atoms with Crippen molar-refractivity contribution < 1.29 is 15.3 Å². The third-order valence-corrected chi connectivity index (χ3v) is 7.19. The largest absolute Gasteiger partial charge is 0.400 e. The van der Waals surface area contributed by atoms with Gasteiger partial charge in [-0.2, -0.15) is 0 Å². The van der Waals surface area contributed by atoms with Gasteiger partial charge in [-0.25, -0.2) is 0 Å². The smallest absolute Gasteiger partial charge is 0.0544 e. The second-order valence-corrected chi connectivity index (χ2v) is 8.72. The number of hydrogen-bond donors (Lipinski definition) is 3. The van der Waals surface area contributed by atoms with Gasteiger partial charge >= 0.3 is 0 Å². The number of aliphatic hydroxyl groups is 3. The van der Waals surface area contributed by atoms with Crippen LogP contribution in [0.25, 0.3) is 0 Å². The second-order valence-electron chi connectivity index (χ2n) is 8.72. The summed E-state index contributed by atoms with van der Waals surface area (Å²) < 4.78 is 0. The Morgan fingerprint density at radius 2 is 1.74 bits per heavy atom. The molecule has 0 aliphatic heterocycles. The van der Waals surface area contributed by atoms with Crippen LogP contribution in [0.15, 0.2) is 11.1 Å². The van der Waals surface area contributed by atoms with Gasteiger partial charge in [-0.1, -0.05) is 31.9 Å². The Morgan fingerprint density at radius 1 is 1.04 bits per heavy atom. The first-order valence-electron chi connectivity index (χ1n) is 9.32. The molecule has 1 saturated carbocycles. The summed E-state index contributed by atoms with van der Waals surface area (Å²) >= 11 is 0. The molecule has 3 heteroatoms. The summed E-state index contributed by atoms with van der Waals surface area (Å²) in [5, 5.41) is 26.8. The number of aliphatic hydroxyl groups excluding tert-OH is 3. The summed E-state index contributed by atoms with van der Waals surface area (Å²) in [4.78, 5) is 0. The van der Waals surface area contributed by atoms with Crippen LogP contribution in [-0.2, 0) is 0 Å². The van der Waals surface area contributed by atoms with E-state index in [9.17, 15) is 10.2 Å². The van der Waals surface area contributed by atoms with Crippen molar-refractivity contribution in [3.05, 3.63) is 11.1 Å². The lowest BCUT2D eigenvalue weighted by Crippen LogP contribution is -2.44. The fourth-order valence-corrected chi connectivity index (χ4v) is 5.48. The summed E-state index contributed by atoms with van der Waals surface area (Å²) in [5.74, 6) is 0.984. The molecular formula is C20H36O3. The molecule has 0 amide bonds. The van der Waals surface area contributed by atoms with Crippen LogP contribution in [0.5, 0.6) is 0 Å². The summed E-state index contributed by atoms with van der Waals surface area (Å²) in [7, 11) is 1.00. The van der Waals surface area contributed by atoms with Crippen molar-refractivity contribution in [2.75, 3.05) is 13.7 Å². The highest BCUT2D eigenvalue weighted by molar-refractivity contribution is 5.30. The molecular weight excluding hydrogens is 288 g/mol. The van der Waals surface area contributed by atoms with E-state index >= 15 is 0 Å². The van der Waals surface area contributed by atoms with Gasteiger partial charge in [0.05, 0.1) is 6.10 Å². The van der Waals surface area contributed by atoms with E-state index in [0.717, 1.165) is 26.4 Å². The van der Waals surface area contributed by atoms with Gasteiger partial charge in [0.2, 0.25) is 0 Å². The van der Waals surface area contributed by atoms with Gasteiger partial charge in [-0.05, 0) is 74.0 Å². The Balaban J connectivity index is 0.000000924. The maximum atomic E-state index is 9.94. The molecule has 4 atom stereocenters. The first kappa shape index (κ1) is 19.0. The van der Waals surface area contributed by atoms with E-state index in [0.29, 0.717) is 11.3 Å². The zero-order valence-corrected chi connectivity index (χ0v) is 15.4. The highest BCUT2D eigenvalue weighted by atomic mass is 16.3. The Bertz CT molecular complexity index is 440. The maximum absolute atomic E-state index is 9.94. The highest BCUT2D eigenvalue weighted by Crippen LogP contribution is 2.56. The molecule has 0 radical (unpaired) electrons. The van der Waals surface area contributed by atoms with Crippen molar-refractivity contribution in [3.63, 3.8) is 0 Å². The minimum Gasteiger partial charge on any atom is -0.400 e. The third-order valence-electron chi connectivity index (χ3n) is 7.19. The van der Waals surface area contributed by atoms with Gasteiger partial charge in [-0.3, -0.25) is 0 Å². The zero-order valence-electron chi connectivity index (χ0n) is 15.4. The molecule has 134 valence electrons. The molecule has 3 rings (SSSR count). The molecule has 3 N–H and O–H groups in total. The minimum atomic E-state index is -0.195. The average molecular weight is 325 g/mol. The van der Waals surface area contributed by atoms with E-state index in [-0.39, 0.29) is 24.0 Å². The lowest BCUT2D eigenvalue weighted by Gasteiger charge is -2.49. The van der Waals surface area contributed by atoms with Crippen LogP contribution >= 0.6 is 0 Å². The van der Waals surface area contributed by atoms with Crippen LogP contribution in [0.4, 0.5) is 0 Å². The lowest BCUT2D eigenvalue weighted by atomic mass is 9.56. The third kappa shape index (κ3) is 3.52. The van der Waals surface area contributed by atoms with Gasteiger partial charge in [0, 0.05) is 13.7 Å². The van der Waals surface area contributed by atoms with Crippen molar-refractivity contribution in [2.45, 2.75) is 78.2 Å². The molecule has 0 aromatic carbocycles. The predicted octanol–water partition coefficient (Wildman–Crippen LogP) is 3.67. The van der Waals surface area contributed by atoms with Crippen LogP contribution in [0.3, 0.4) is 0 Å². The van der Waals surface area contributed by atoms with Crippen molar-refractivity contribution in [3.8, 4) is 0 Å². The summed E-state index contributed by atoms with van der Waals surface area (Å²) in [6.07, 6.45) is 9.01. The summed E-state index contributed by atoms with van der Waals surface area (Å²) in [5.41, 5.74) is 4.14. The normalized spacial score (nSPS) is 39.5. The predicted molar refractivity (Wildman–Crippen MR) is 94.1 cm³/mol. The molecule has 0 bridgehead atoms. The second kappa shape index (κ2) is 7.25. The van der Waals surface area contributed by atoms with E-state index in [2.05, 4.69) is 20.8 Å². The van der Waals surface area contributed by atoms with Gasteiger partial charge in [0.15, 0.2) is 0 Å². The van der Waals surface area contributed by atoms with Crippen LogP contribution in [0, 0.1) is 22.7 Å². The van der Waals surface area contributed by atoms with Gasteiger partial charge < -0.3 is 15.3 Å². The number of allylic oxidation sites excluding steroid dienone is 2. The fourth-order valence-electron chi connectivity index (χ4n) is 5.48. The monoisotopic (exact) mass is 324 g/mol. The molecule has 3 aliphatic carbocycles.